The van der Waals surface area contributed by atoms with Gasteiger partial charge >= 0.3 is 0 Å². The maximum atomic E-state index is 4.80. The molecule has 0 fully saturated rings. The minimum absolute atomic E-state index is 0.851. The van der Waals surface area contributed by atoms with Gasteiger partial charge in [0.1, 0.15) is 5.82 Å². The first kappa shape index (κ1) is 13.1. The van der Waals surface area contributed by atoms with Crippen LogP contribution in [0.5, 0.6) is 0 Å². The lowest BCUT2D eigenvalue weighted by atomic mass is 10.0. The van der Waals surface area contributed by atoms with Crippen molar-refractivity contribution < 1.29 is 0 Å². The Morgan fingerprint density at radius 2 is 2.05 bits per heavy atom. The molecule has 0 unspecified atom stereocenters. The molecular formula is C19H19N3. The number of anilines is 1. The smallest absolute Gasteiger partial charge is 0.134 e. The van der Waals surface area contributed by atoms with Crippen molar-refractivity contribution in [3.8, 4) is 0 Å². The molecule has 3 heterocycles. The largest absolute Gasteiger partial charge is 0.349 e. The van der Waals surface area contributed by atoms with Crippen molar-refractivity contribution in [3.63, 3.8) is 0 Å². The van der Waals surface area contributed by atoms with Crippen LogP contribution in [0.25, 0.3) is 16.7 Å². The predicted octanol–water partition coefficient (Wildman–Crippen LogP) is 4.13. The van der Waals surface area contributed by atoms with E-state index in [1.807, 2.05) is 13.2 Å². The minimum Gasteiger partial charge on any atom is -0.349 e. The van der Waals surface area contributed by atoms with E-state index in [4.69, 9.17) is 4.98 Å². The Labute approximate surface area is 130 Å². The number of hydrogen-bond donors (Lipinski definition) is 0. The van der Waals surface area contributed by atoms with Crippen LogP contribution in [0.2, 0.25) is 0 Å². The maximum absolute atomic E-state index is 4.80. The monoisotopic (exact) mass is 289 g/mol. The topological polar surface area (TPSA) is 21.1 Å². The summed E-state index contributed by atoms with van der Waals surface area (Å²) in [7, 11) is 2.04. The number of rotatable bonds is 2. The third-order valence-electron chi connectivity index (χ3n) is 4.55. The van der Waals surface area contributed by atoms with E-state index in [0.29, 0.717) is 0 Å². The van der Waals surface area contributed by atoms with Crippen LogP contribution < -0.4 is 4.90 Å². The fraction of sp³-hybridized carbons (Fsp3) is 0.211. The van der Waals surface area contributed by atoms with Crippen LogP contribution in [0.3, 0.4) is 0 Å². The molecule has 0 atom stereocenters. The van der Waals surface area contributed by atoms with Crippen molar-refractivity contribution in [1.82, 2.24) is 9.55 Å². The van der Waals surface area contributed by atoms with Crippen LogP contribution >= 0.6 is 0 Å². The standard InChI is InChI=1S/C19H19N3/c1-4-14-5-6-15-12-22(13(2)16(15)11-14)19-8-7-18-17(20-19)9-10-21(18)3/h5-11H,2,4,12H2,1,3H3. The molecule has 0 radical (unpaired) electrons. The predicted molar refractivity (Wildman–Crippen MR) is 91.8 cm³/mol. The third kappa shape index (κ3) is 1.86. The molecule has 0 amide bonds. The minimum atomic E-state index is 0.851. The number of benzene rings is 1. The number of pyridine rings is 1. The lowest BCUT2D eigenvalue weighted by Gasteiger charge is -2.18. The first-order chi connectivity index (χ1) is 10.7. The number of fused-ring (bicyclic) bond motifs is 2. The van der Waals surface area contributed by atoms with Gasteiger partial charge in [0, 0.05) is 24.5 Å². The quantitative estimate of drug-likeness (QED) is 0.707. The van der Waals surface area contributed by atoms with Gasteiger partial charge in [-0.15, -0.1) is 0 Å². The molecule has 0 aliphatic carbocycles. The molecule has 0 N–H and O–H groups in total. The van der Waals surface area contributed by atoms with E-state index in [1.54, 1.807) is 0 Å². The molecule has 3 aromatic rings. The van der Waals surface area contributed by atoms with Gasteiger partial charge in [-0.1, -0.05) is 25.6 Å². The summed E-state index contributed by atoms with van der Waals surface area (Å²) in [4.78, 5) is 7.00. The molecule has 0 spiro atoms. The summed E-state index contributed by atoms with van der Waals surface area (Å²) < 4.78 is 2.09. The van der Waals surface area contributed by atoms with Gasteiger partial charge in [0.15, 0.2) is 0 Å². The van der Waals surface area contributed by atoms with Crippen LogP contribution in [0.1, 0.15) is 23.6 Å². The van der Waals surface area contributed by atoms with Gasteiger partial charge in [-0.05, 0) is 41.8 Å². The molecule has 0 saturated carbocycles. The summed E-state index contributed by atoms with van der Waals surface area (Å²) >= 11 is 0. The lowest BCUT2D eigenvalue weighted by molar-refractivity contribution is 0.965. The Bertz CT molecular complexity index is 889. The molecule has 1 aromatic carbocycles. The van der Waals surface area contributed by atoms with Crippen molar-refractivity contribution in [3.05, 3.63) is 65.9 Å². The van der Waals surface area contributed by atoms with Gasteiger partial charge in [-0.25, -0.2) is 4.98 Å². The van der Waals surface area contributed by atoms with E-state index in [0.717, 1.165) is 35.5 Å². The van der Waals surface area contributed by atoms with Gasteiger partial charge in [0.25, 0.3) is 0 Å². The lowest BCUT2D eigenvalue weighted by Crippen LogP contribution is -2.14. The van der Waals surface area contributed by atoms with Crippen LogP contribution in [-0.2, 0) is 20.0 Å². The van der Waals surface area contributed by atoms with E-state index in [9.17, 15) is 0 Å². The fourth-order valence-electron chi connectivity index (χ4n) is 3.17. The van der Waals surface area contributed by atoms with E-state index in [2.05, 4.69) is 59.4 Å². The first-order valence-corrected chi connectivity index (χ1v) is 7.68. The van der Waals surface area contributed by atoms with E-state index < -0.39 is 0 Å². The van der Waals surface area contributed by atoms with Gasteiger partial charge in [0.2, 0.25) is 0 Å². The second kappa shape index (κ2) is 4.73. The van der Waals surface area contributed by atoms with Crippen LogP contribution in [0.4, 0.5) is 5.82 Å². The molecule has 3 nitrogen and oxygen atoms in total. The average Bonchev–Trinajstić information content (AvgIpc) is 3.08. The van der Waals surface area contributed by atoms with Crippen LogP contribution in [0, 0.1) is 0 Å². The Morgan fingerprint density at radius 3 is 2.86 bits per heavy atom. The van der Waals surface area contributed by atoms with Crippen molar-refractivity contribution in [2.45, 2.75) is 19.9 Å². The molecule has 1 aliphatic heterocycles. The molecule has 4 rings (SSSR count). The van der Waals surface area contributed by atoms with Gasteiger partial charge in [0.05, 0.1) is 17.6 Å². The van der Waals surface area contributed by atoms with Crippen molar-refractivity contribution >= 4 is 22.5 Å². The molecule has 0 saturated heterocycles. The van der Waals surface area contributed by atoms with E-state index in [-0.39, 0.29) is 0 Å². The first-order valence-electron chi connectivity index (χ1n) is 7.68. The zero-order valence-electron chi connectivity index (χ0n) is 13.0. The normalized spacial score (nSPS) is 13.9. The Kier molecular flexibility index (Phi) is 2.83. The molecule has 0 bridgehead atoms. The Hall–Kier alpha value is -2.55. The Morgan fingerprint density at radius 1 is 1.18 bits per heavy atom. The molecule has 1 aliphatic rings. The highest BCUT2D eigenvalue weighted by molar-refractivity contribution is 5.85. The highest BCUT2D eigenvalue weighted by Crippen LogP contribution is 2.36. The molecular weight excluding hydrogens is 270 g/mol. The van der Waals surface area contributed by atoms with Crippen LogP contribution in [-0.4, -0.2) is 9.55 Å². The summed E-state index contributed by atoms with van der Waals surface area (Å²) in [5.41, 5.74) is 7.17. The molecule has 110 valence electrons. The number of aromatic nitrogens is 2. The van der Waals surface area contributed by atoms with Crippen molar-refractivity contribution in [2.75, 3.05) is 4.90 Å². The van der Waals surface area contributed by atoms with Crippen molar-refractivity contribution in [1.29, 1.82) is 0 Å². The second-order valence-corrected chi connectivity index (χ2v) is 5.88. The molecule has 22 heavy (non-hydrogen) atoms. The molecule has 3 heteroatoms. The summed E-state index contributed by atoms with van der Waals surface area (Å²) in [5, 5.41) is 0. The Balaban J connectivity index is 1.75. The number of aryl methyl sites for hydroxylation is 2. The summed E-state index contributed by atoms with van der Waals surface area (Å²) in [5.74, 6) is 0.970. The van der Waals surface area contributed by atoms with Gasteiger partial charge in [-0.3, -0.25) is 0 Å². The zero-order chi connectivity index (χ0) is 15.3. The molecule has 2 aromatic heterocycles. The highest BCUT2D eigenvalue weighted by Gasteiger charge is 2.24. The maximum Gasteiger partial charge on any atom is 0.134 e. The zero-order valence-corrected chi connectivity index (χ0v) is 13.0. The van der Waals surface area contributed by atoms with E-state index >= 15 is 0 Å². The summed E-state index contributed by atoms with van der Waals surface area (Å²) in [6.07, 6.45) is 3.09. The average molecular weight is 289 g/mol. The van der Waals surface area contributed by atoms with Crippen LogP contribution in [0.15, 0.2) is 49.2 Å². The number of nitrogens with zero attached hydrogens (tertiary/aromatic N) is 3. The second-order valence-electron chi connectivity index (χ2n) is 5.88. The van der Waals surface area contributed by atoms with Crippen molar-refractivity contribution in [2.24, 2.45) is 7.05 Å². The van der Waals surface area contributed by atoms with E-state index in [1.165, 1.54) is 16.7 Å². The van der Waals surface area contributed by atoms with Gasteiger partial charge in [-0.2, -0.15) is 0 Å². The van der Waals surface area contributed by atoms with Gasteiger partial charge < -0.3 is 9.47 Å². The highest BCUT2D eigenvalue weighted by atomic mass is 15.2. The SMILES string of the molecule is C=C1c2cc(CC)ccc2CN1c1ccc2c(ccn2C)n1. The third-order valence-corrected chi connectivity index (χ3v) is 4.55. The summed E-state index contributed by atoms with van der Waals surface area (Å²) in [6.45, 7) is 7.33. The number of hydrogen-bond acceptors (Lipinski definition) is 2. The fourth-order valence-corrected chi connectivity index (χ4v) is 3.17. The summed E-state index contributed by atoms with van der Waals surface area (Å²) in [6, 6.07) is 13.0.